The van der Waals surface area contributed by atoms with E-state index in [1.807, 2.05) is 6.07 Å². The van der Waals surface area contributed by atoms with Crippen LogP contribution >= 0.6 is 11.6 Å². The number of carbonyl (C=O) groups is 2. The fraction of sp³-hybridized carbons (Fsp3) is 0.167. The second kappa shape index (κ2) is 9.25. The largest absolute Gasteiger partial charge is 0.322 e. The molecule has 33 heavy (non-hydrogen) atoms. The molecule has 0 unspecified atom stereocenters. The normalized spacial score (nSPS) is 13.8. The van der Waals surface area contributed by atoms with E-state index < -0.39 is 15.9 Å². The number of nitrogens with one attached hydrogen (secondary N) is 1. The van der Waals surface area contributed by atoms with Gasteiger partial charge in [0.15, 0.2) is 0 Å². The Morgan fingerprint density at radius 1 is 1.03 bits per heavy atom. The summed E-state index contributed by atoms with van der Waals surface area (Å²) in [5.41, 5.74) is 1.93. The van der Waals surface area contributed by atoms with Gasteiger partial charge < -0.3 is 10.2 Å². The summed E-state index contributed by atoms with van der Waals surface area (Å²) in [5.74, 6) is -0.377. The van der Waals surface area contributed by atoms with E-state index in [1.54, 1.807) is 47.4 Å². The van der Waals surface area contributed by atoms with Gasteiger partial charge in [-0.15, -0.1) is 0 Å². The first-order valence-corrected chi connectivity index (χ1v) is 12.1. The van der Waals surface area contributed by atoms with E-state index in [0.717, 1.165) is 6.42 Å². The maximum absolute atomic E-state index is 12.9. The lowest BCUT2D eigenvalue weighted by Gasteiger charge is -2.19. The summed E-state index contributed by atoms with van der Waals surface area (Å²) in [7, 11) is -2.28. The van der Waals surface area contributed by atoms with Crippen LogP contribution in [-0.2, 0) is 14.8 Å². The van der Waals surface area contributed by atoms with Crippen LogP contribution in [-0.4, -0.2) is 33.8 Å². The number of sulfonamides is 1. The Balaban J connectivity index is 1.47. The highest BCUT2D eigenvalue weighted by atomic mass is 35.5. The van der Waals surface area contributed by atoms with Gasteiger partial charge in [0.1, 0.15) is 0 Å². The number of anilines is 3. The van der Waals surface area contributed by atoms with Crippen LogP contribution in [0.2, 0.25) is 5.02 Å². The second-order valence-electron chi connectivity index (χ2n) is 7.60. The number of carbonyl (C=O) groups excluding carboxylic acids is 2. The zero-order valence-corrected chi connectivity index (χ0v) is 19.4. The van der Waals surface area contributed by atoms with E-state index in [0.29, 0.717) is 40.6 Å². The summed E-state index contributed by atoms with van der Waals surface area (Å²) in [5, 5.41) is 3.12. The van der Waals surface area contributed by atoms with Gasteiger partial charge in [0.05, 0.1) is 21.3 Å². The zero-order valence-electron chi connectivity index (χ0n) is 17.9. The third-order valence-electron chi connectivity index (χ3n) is 5.46. The molecule has 1 aliphatic heterocycles. The van der Waals surface area contributed by atoms with Gasteiger partial charge in [-0.3, -0.25) is 13.9 Å². The molecule has 0 saturated carbocycles. The zero-order chi connectivity index (χ0) is 23.6. The fourth-order valence-corrected chi connectivity index (χ4v) is 5.10. The molecule has 1 N–H and O–H groups in total. The minimum Gasteiger partial charge on any atom is -0.322 e. The van der Waals surface area contributed by atoms with Crippen LogP contribution < -0.4 is 14.5 Å². The monoisotopic (exact) mass is 483 g/mol. The Labute approximate surface area is 197 Å². The van der Waals surface area contributed by atoms with Crippen molar-refractivity contribution >= 4 is 50.5 Å². The number of halogens is 1. The van der Waals surface area contributed by atoms with Crippen molar-refractivity contribution in [3.05, 3.63) is 83.4 Å². The summed E-state index contributed by atoms with van der Waals surface area (Å²) in [6.07, 6.45) is 1.29. The molecule has 0 spiro atoms. The molecule has 3 aromatic rings. The van der Waals surface area contributed by atoms with E-state index in [-0.39, 0.29) is 10.8 Å². The first-order valence-electron chi connectivity index (χ1n) is 10.3. The average molecular weight is 484 g/mol. The van der Waals surface area contributed by atoms with Crippen LogP contribution in [0.3, 0.4) is 0 Å². The van der Waals surface area contributed by atoms with Gasteiger partial charge in [-0.05, 0) is 61.0 Å². The molecule has 0 bridgehead atoms. The van der Waals surface area contributed by atoms with Crippen LogP contribution in [0.15, 0.2) is 77.7 Å². The van der Waals surface area contributed by atoms with Crippen LogP contribution in [0.1, 0.15) is 23.2 Å². The molecular formula is C24H22ClN3O4S. The molecule has 0 radical (unpaired) electrons. The summed E-state index contributed by atoms with van der Waals surface area (Å²) >= 11 is 6.34. The van der Waals surface area contributed by atoms with E-state index in [1.165, 1.54) is 35.6 Å². The molecule has 7 nitrogen and oxygen atoms in total. The van der Waals surface area contributed by atoms with Gasteiger partial charge >= 0.3 is 0 Å². The summed E-state index contributed by atoms with van der Waals surface area (Å²) in [6.45, 7) is 0.624. The highest BCUT2D eigenvalue weighted by molar-refractivity contribution is 7.92. The molecule has 1 saturated heterocycles. The van der Waals surface area contributed by atoms with Crippen molar-refractivity contribution in [2.45, 2.75) is 17.7 Å². The number of benzene rings is 3. The van der Waals surface area contributed by atoms with Crippen LogP contribution in [0.25, 0.3) is 0 Å². The number of para-hydroxylation sites is 1. The van der Waals surface area contributed by atoms with Crippen LogP contribution in [0, 0.1) is 0 Å². The third kappa shape index (κ3) is 4.72. The topological polar surface area (TPSA) is 86.8 Å². The maximum atomic E-state index is 12.9. The van der Waals surface area contributed by atoms with Gasteiger partial charge in [0.25, 0.3) is 15.9 Å². The third-order valence-corrected chi connectivity index (χ3v) is 7.57. The van der Waals surface area contributed by atoms with E-state index in [2.05, 4.69) is 5.32 Å². The Kier molecular flexibility index (Phi) is 6.40. The van der Waals surface area contributed by atoms with Crippen molar-refractivity contribution in [1.29, 1.82) is 0 Å². The maximum Gasteiger partial charge on any atom is 0.264 e. The van der Waals surface area contributed by atoms with Crippen molar-refractivity contribution < 1.29 is 18.0 Å². The Bertz CT molecular complexity index is 1300. The SMILES string of the molecule is CN(c1ccccc1)S(=O)(=O)c1ccc(C(=O)Nc2ccc(N3CCCC3=O)c(Cl)c2)cc1. The van der Waals surface area contributed by atoms with E-state index >= 15 is 0 Å². The predicted octanol–water partition coefficient (Wildman–Crippen LogP) is 4.54. The van der Waals surface area contributed by atoms with Crippen LogP contribution in [0.5, 0.6) is 0 Å². The molecule has 1 heterocycles. The highest BCUT2D eigenvalue weighted by Gasteiger charge is 2.24. The quantitative estimate of drug-likeness (QED) is 0.557. The lowest BCUT2D eigenvalue weighted by molar-refractivity contribution is -0.117. The summed E-state index contributed by atoms with van der Waals surface area (Å²) in [4.78, 5) is 26.3. The molecule has 4 rings (SSSR count). The molecule has 0 atom stereocenters. The van der Waals surface area contributed by atoms with Crippen molar-refractivity contribution in [2.24, 2.45) is 0 Å². The molecular weight excluding hydrogens is 462 g/mol. The van der Waals surface area contributed by atoms with E-state index in [9.17, 15) is 18.0 Å². The van der Waals surface area contributed by atoms with Gasteiger partial charge in [-0.25, -0.2) is 8.42 Å². The Morgan fingerprint density at radius 2 is 1.73 bits per heavy atom. The molecule has 1 fully saturated rings. The minimum absolute atomic E-state index is 0.0293. The fourth-order valence-electron chi connectivity index (χ4n) is 3.62. The van der Waals surface area contributed by atoms with Crippen molar-refractivity contribution in [3.8, 4) is 0 Å². The molecule has 9 heteroatoms. The molecule has 2 amide bonds. The summed E-state index contributed by atoms with van der Waals surface area (Å²) in [6, 6.07) is 19.4. The molecule has 0 aliphatic carbocycles. The molecule has 170 valence electrons. The second-order valence-corrected chi connectivity index (χ2v) is 9.98. The first kappa shape index (κ1) is 22.8. The van der Waals surface area contributed by atoms with Gasteiger partial charge in [0.2, 0.25) is 5.91 Å². The number of amides is 2. The molecule has 0 aromatic heterocycles. The van der Waals surface area contributed by atoms with Crippen LogP contribution in [0.4, 0.5) is 17.1 Å². The Hall–Kier alpha value is -3.36. The highest BCUT2D eigenvalue weighted by Crippen LogP contribution is 2.32. The number of rotatable bonds is 6. The smallest absolute Gasteiger partial charge is 0.264 e. The molecule has 1 aliphatic rings. The first-order chi connectivity index (χ1) is 15.8. The van der Waals surface area contributed by atoms with Crippen molar-refractivity contribution in [2.75, 3.05) is 28.1 Å². The molecule has 3 aromatic carbocycles. The predicted molar refractivity (Wildman–Crippen MR) is 129 cm³/mol. The average Bonchev–Trinajstić information content (AvgIpc) is 3.24. The van der Waals surface area contributed by atoms with E-state index in [4.69, 9.17) is 11.6 Å². The van der Waals surface area contributed by atoms with Gasteiger partial charge in [-0.1, -0.05) is 29.8 Å². The summed E-state index contributed by atoms with van der Waals surface area (Å²) < 4.78 is 27.0. The van der Waals surface area contributed by atoms with Gasteiger partial charge in [-0.2, -0.15) is 0 Å². The number of hydrogen-bond donors (Lipinski definition) is 1. The Morgan fingerprint density at radius 3 is 2.33 bits per heavy atom. The van der Waals surface area contributed by atoms with Crippen molar-refractivity contribution in [3.63, 3.8) is 0 Å². The lowest BCUT2D eigenvalue weighted by atomic mass is 10.2. The standard InChI is InChI=1S/C24H22ClN3O4S/c1-27(19-6-3-2-4-7-19)33(31,32)20-12-9-17(10-13-20)24(30)26-18-11-14-22(21(25)16-18)28-15-5-8-23(28)29/h2-4,6-7,9-14,16H,5,8,15H2,1H3,(H,26,30). The van der Waals surface area contributed by atoms with Crippen molar-refractivity contribution in [1.82, 2.24) is 0 Å². The van der Waals surface area contributed by atoms with Gasteiger partial charge in [0, 0.05) is 31.3 Å². The number of nitrogens with zero attached hydrogens (tertiary/aromatic N) is 2. The lowest BCUT2D eigenvalue weighted by Crippen LogP contribution is -2.26. The minimum atomic E-state index is -3.76. The number of hydrogen-bond acceptors (Lipinski definition) is 4.